The number of aliphatic hydroxyl groups excluding tert-OH is 1. The Morgan fingerprint density at radius 1 is 1.00 bits per heavy atom. The van der Waals surface area contributed by atoms with Crippen LogP contribution in [0.25, 0.3) is 30.2 Å². The molecule has 0 saturated carbocycles. The molecule has 247 valence electrons. The Kier molecular flexibility index (Phi) is 15.0. The van der Waals surface area contributed by atoms with E-state index in [9.17, 15) is 23.1 Å². The van der Waals surface area contributed by atoms with Gasteiger partial charge in [-0.1, -0.05) is 27.7 Å². The number of hydrogen-bond acceptors (Lipinski definition) is 4. The fourth-order valence-electron chi connectivity index (χ4n) is 4.96. The maximum Gasteiger partial charge on any atom is 0.162 e. The van der Waals surface area contributed by atoms with E-state index < -0.39 is 11.7 Å². The van der Waals surface area contributed by atoms with E-state index in [2.05, 4.69) is 31.8 Å². The molecule has 9 heteroatoms. The SMILES string of the molecule is CC(C)(C)Cc1ccc(-c2cc(-c3[c-]c4ccccc4[se]3)ncc2C(F)(F)F)s1.CCC(CC)C(=O)/C=C(\O)C(CC)CC.[Ir]. The van der Waals surface area contributed by atoms with Gasteiger partial charge in [-0.05, 0) is 25.7 Å². The molecular weight excluding hydrogens is 839 g/mol. The molecule has 0 fully saturated rings. The summed E-state index contributed by atoms with van der Waals surface area (Å²) < 4.78 is 43.1. The summed E-state index contributed by atoms with van der Waals surface area (Å²) >= 11 is 1.42. The Labute approximate surface area is 289 Å². The van der Waals surface area contributed by atoms with Gasteiger partial charge in [-0.15, -0.1) is 0 Å². The predicted octanol–water partition coefficient (Wildman–Crippen LogP) is 11.0. The Morgan fingerprint density at radius 2 is 1.62 bits per heavy atom. The predicted molar refractivity (Wildman–Crippen MR) is 178 cm³/mol. The molecule has 4 rings (SSSR count). The smallest absolute Gasteiger partial charge is 0.162 e. The summed E-state index contributed by atoms with van der Waals surface area (Å²) in [6.45, 7) is 14.4. The minimum absolute atomic E-state index is 0. The summed E-state index contributed by atoms with van der Waals surface area (Å²) in [5.41, 5.74) is 0.175. The number of hydrogen-bond donors (Lipinski definition) is 1. The van der Waals surface area contributed by atoms with Crippen molar-refractivity contribution in [1.82, 2.24) is 4.98 Å². The van der Waals surface area contributed by atoms with E-state index in [1.807, 2.05) is 58.0 Å². The largest absolute Gasteiger partial charge is 0.512 e. The minimum Gasteiger partial charge on any atom is -0.512 e. The number of aliphatic hydroxyl groups is 1. The van der Waals surface area contributed by atoms with Crippen molar-refractivity contribution >= 4 is 41.3 Å². The number of allylic oxidation sites excluding steroid dienone is 2. The van der Waals surface area contributed by atoms with Crippen LogP contribution in [0.5, 0.6) is 0 Å². The van der Waals surface area contributed by atoms with Crippen LogP contribution < -0.4 is 0 Å². The Bertz CT molecular complexity index is 1530. The van der Waals surface area contributed by atoms with E-state index in [1.165, 1.54) is 21.7 Å². The number of carbonyl (C=O) groups excluding carboxylic acids is 1. The van der Waals surface area contributed by atoms with Crippen molar-refractivity contribution in [3.8, 4) is 20.6 Å². The van der Waals surface area contributed by atoms with Crippen molar-refractivity contribution in [3.63, 3.8) is 0 Å². The molecule has 0 atom stereocenters. The molecule has 0 aliphatic carbocycles. The first-order valence-electron chi connectivity index (χ1n) is 15.2. The van der Waals surface area contributed by atoms with Crippen LogP contribution in [-0.2, 0) is 37.5 Å². The van der Waals surface area contributed by atoms with Crippen LogP contribution in [0.2, 0.25) is 0 Å². The Hall–Kier alpha value is -2.02. The third kappa shape index (κ3) is 11.0. The molecule has 1 radical (unpaired) electrons. The molecule has 1 aromatic carbocycles. The topological polar surface area (TPSA) is 50.2 Å². The first-order chi connectivity index (χ1) is 20.7. The van der Waals surface area contributed by atoms with Gasteiger partial charge in [-0.2, -0.15) is 0 Å². The number of nitrogens with zero attached hydrogens (tertiary/aromatic N) is 1. The van der Waals surface area contributed by atoms with Gasteiger partial charge in [-0.3, -0.25) is 4.79 Å². The normalized spacial score (nSPS) is 12.3. The third-order valence-corrected chi connectivity index (χ3v) is 10.9. The van der Waals surface area contributed by atoms with Crippen molar-refractivity contribution in [2.45, 2.75) is 86.7 Å². The molecule has 0 spiro atoms. The monoisotopic (exact) mass is 883 g/mol. The summed E-state index contributed by atoms with van der Waals surface area (Å²) in [5, 5.41) is 10.8. The second kappa shape index (κ2) is 17.2. The minimum atomic E-state index is -4.45. The first-order valence-corrected chi connectivity index (χ1v) is 17.7. The van der Waals surface area contributed by atoms with E-state index in [1.54, 1.807) is 12.1 Å². The molecule has 3 nitrogen and oxygen atoms in total. The number of benzene rings is 1. The molecule has 0 aliphatic rings. The molecule has 0 amide bonds. The quantitative estimate of drug-likeness (QED) is 0.0747. The second-order valence-corrected chi connectivity index (χ2v) is 15.5. The standard InChI is InChI=1S/C23H19F3NSSe.C13H24O2.Ir/c1-22(2,3)12-15-8-9-19(28-15)16-11-18(27-13-17(16)23(24,25)26)21-10-14-6-4-5-7-20(14)29-21;1-5-10(6-2)12(14)9-13(15)11(7-3)8-4;/h4-9,11,13H,12H2,1-3H3;9-11,14H,5-8H2,1-4H3;/q-1;;/b;12-9-;. The number of carbonyl (C=O) groups is 1. The van der Waals surface area contributed by atoms with Crippen LogP contribution in [0, 0.1) is 23.3 Å². The fraction of sp³-hybridized carbons (Fsp3) is 0.444. The summed E-state index contributed by atoms with van der Waals surface area (Å²) in [6, 6.07) is 16.6. The number of ketones is 1. The first kappa shape index (κ1) is 39.2. The maximum atomic E-state index is 13.7. The van der Waals surface area contributed by atoms with Gasteiger partial charge >= 0.3 is 178 Å². The number of alkyl halides is 3. The van der Waals surface area contributed by atoms with Crippen molar-refractivity contribution in [2.75, 3.05) is 0 Å². The van der Waals surface area contributed by atoms with E-state index in [4.69, 9.17) is 0 Å². The molecule has 0 bridgehead atoms. The summed E-state index contributed by atoms with van der Waals surface area (Å²) in [5.74, 6) is 0.547. The van der Waals surface area contributed by atoms with E-state index in [-0.39, 0.29) is 69.0 Å². The number of halogens is 3. The summed E-state index contributed by atoms with van der Waals surface area (Å²) in [7, 11) is 0. The number of rotatable bonds is 10. The third-order valence-electron chi connectivity index (χ3n) is 7.50. The molecule has 45 heavy (non-hydrogen) atoms. The van der Waals surface area contributed by atoms with Gasteiger partial charge in [0.15, 0.2) is 5.78 Å². The fourth-order valence-corrected chi connectivity index (χ4v) is 8.34. The van der Waals surface area contributed by atoms with Crippen molar-refractivity contribution < 1.29 is 43.2 Å². The molecule has 0 saturated heterocycles. The zero-order chi connectivity index (χ0) is 32.7. The van der Waals surface area contributed by atoms with Crippen LogP contribution in [0.15, 0.2) is 60.5 Å². The number of pyridine rings is 1. The van der Waals surface area contributed by atoms with Gasteiger partial charge in [0.2, 0.25) is 0 Å². The van der Waals surface area contributed by atoms with Crippen LogP contribution in [0.3, 0.4) is 0 Å². The van der Waals surface area contributed by atoms with E-state index in [0.29, 0.717) is 10.6 Å². The van der Waals surface area contributed by atoms with Gasteiger partial charge in [0.25, 0.3) is 0 Å². The van der Waals surface area contributed by atoms with Crippen LogP contribution in [-0.4, -0.2) is 30.4 Å². The molecule has 4 aromatic rings. The molecule has 0 unspecified atom stereocenters. The summed E-state index contributed by atoms with van der Waals surface area (Å²) in [6.07, 6.45) is 2.26. The van der Waals surface area contributed by atoms with Crippen molar-refractivity contribution in [1.29, 1.82) is 0 Å². The van der Waals surface area contributed by atoms with Gasteiger partial charge in [0.1, 0.15) is 0 Å². The number of aromatic nitrogens is 1. The average molecular weight is 882 g/mol. The van der Waals surface area contributed by atoms with Crippen molar-refractivity contribution in [3.05, 3.63) is 77.0 Å². The van der Waals surface area contributed by atoms with Gasteiger partial charge in [0, 0.05) is 38.0 Å². The zero-order valence-corrected chi connectivity index (χ0v) is 31.9. The van der Waals surface area contributed by atoms with Crippen LogP contribution in [0.1, 0.15) is 84.6 Å². The average Bonchev–Trinajstić information content (AvgIpc) is 3.60. The van der Waals surface area contributed by atoms with Crippen LogP contribution in [0.4, 0.5) is 13.2 Å². The van der Waals surface area contributed by atoms with Crippen molar-refractivity contribution in [2.24, 2.45) is 17.3 Å². The second-order valence-electron chi connectivity index (χ2n) is 12.2. The maximum absolute atomic E-state index is 13.7. The van der Waals surface area contributed by atoms with E-state index in [0.717, 1.165) is 53.0 Å². The Balaban J connectivity index is 0.000000378. The molecule has 3 heterocycles. The molecule has 0 aliphatic heterocycles. The van der Waals surface area contributed by atoms with Crippen LogP contribution >= 0.6 is 11.3 Å². The summed E-state index contributed by atoms with van der Waals surface area (Å²) in [4.78, 5) is 17.6. The Morgan fingerprint density at radius 3 is 2.18 bits per heavy atom. The number of thiophene rings is 1. The van der Waals surface area contributed by atoms with E-state index >= 15 is 0 Å². The molecular formula is C36H43F3IrNO2SSe-. The number of fused-ring (bicyclic) bond motifs is 1. The van der Waals surface area contributed by atoms with Gasteiger partial charge in [-0.25, -0.2) is 0 Å². The molecule has 3 aromatic heterocycles. The molecule has 1 N–H and O–H groups in total. The zero-order valence-electron chi connectivity index (χ0n) is 27.0. The van der Waals surface area contributed by atoms with Gasteiger partial charge in [0.05, 0.1) is 5.76 Å². The van der Waals surface area contributed by atoms with Gasteiger partial charge < -0.3 is 5.11 Å².